The van der Waals surface area contributed by atoms with E-state index in [0.29, 0.717) is 5.52 Å². The van der Waals surface area contributed by atoms with Crippen LogP contribution in [0.15, 0.2) is 18.2 Å². The Morgan fingerprint density at radius 2 is 2.31 bits per heavy atom. The number of hydrogen-bond acceptors (Lipinski definition) is 4. The van der Waals surface area contributed by atoms with Crippen molar-refractivity contribution in [3.05, 3.63) is 18.2 Å². The number of aromatic nitrogens is 3. The van der Waals surface area contributed by atoms with Gasteiger partial charge in [0.15, 0.2) is 5.52 Å². The van der Waals surface area contributed by atoms with E-state index >= 15 is 0 Å². The van der Waals surface area contributed by atoms with Crippen molar-refractivity contribution in [2.75, 3.05) is 7.11 Å². The number of nitrogens with zero attached hydrogens (tertiary/aromatic N) is 3. The average Bonchev–Trinajstić information content (AvgIpc) is 2.70. The van der Waals surface area contributed by atoms with Crippen molar-refractivity contribution >= 4 is 11.0 Å². The first-order valence-corrected chi connectivity index (χ1v) is 5.26. The minimum atomic E-state index is 0.170. The highest BCUT2D eigenvalue weighted by atomic mass is 16.5. The summed E-state index contributed by atoms with van der Waals surface area (Å²) in [5.74, 6) is 0.170. The number of fused-ring (bicyclic) bond motifs is 1. The summed E-state index contributed by atoms with van der Waals surface area (Å²) in [6, 6.07) is 5.29. The van der Waals surface area contributed by atoms with Crippen LogP contribution in [0, 0.1) is 0 Å². The van der Waals surface area contributed by atoms with Gasteiger partial charge in [0.1, 0.15) is 5.75 Å². The molecule has 0 saturated heterocycles. The van der Waals surface area contributed by atoms with Gasteiger partial charge < -0.3 is 9.84 Å². The fourth-order valence-electron chi connectivity index (χ4n) is 1.56. The van der Waals surface area contributed by atoms with Crippen LogP contribution in [0.3, 0.4) is 0 Å². The molecule has 0 spiro atoms. The van der Waals surface area contributed by atoms with Gasteiger partial charge in [-0.1, -0.05) is 11.3 Å². The van der Waals surface area contributed by atoms with Crippen LogP contribution in [0.2, 0.25) is 0 Å². The quantitative estimate of drug-likeness (QED) is 0.851. The summed E-state index contributed by atoms with van der Waals surface area (Å²) < 4.78 is 6.96. The molecule has 1 aromatic carbocycles. The molecular weight excluding hydrogens is 206 g/mol. The normalized spacial score (nSPS) is 13.1. The van der Waals surface area contributed by atoms with E-state index in [9.17, 15) is 5.11 Å². The molecule has 5 heteroatoms. The molecule has 0 aliphatic heterocycles. The number of rotatable bonds is 4. The molecule has 1 atom stereocenters. The Balaban J connectivity index is 2.22. The number of ether oxygens (including phenoxy) is 1. The lowest BCUT2D eigenvalue weighted by Gasteiger charge is -2.08. The van der Waals surface area contributed by atoms with Gasteiger partial charge in [-0.2, -0.15) is 0 Å². The third kappa shape index (κ3) is 1.99. The summed E-state index contributed by atoms with van der Waals surface area (Å²) in [6.45, 7) is 2.74. The Labute approximate surface area is 93.6 Å². The number of phenols is 1. The second-order valence-corrected chi connectivity index (χ2v) is 3.79. The van der Waals surface area contributed by atoms with E-state index in [4.69, 9.17) is 4.74 Å². The third-order valence-electron chi connectivity index (χ3n) is 2.67. The molecule has 0 aliphatic rings. The van der Waals surface area contributed by atoms with Gasteiger partial charge in [0, 0.05) is 13.7 Å². The third-order valence-corrected chi connectivity index (χ3v) is 2.67. The molecule has 0 radical (unpaired) electrons. The van der Waals surface area contributed by atoms with Crippen LogP contribution in [-0.2, 0) is 11.3 Å². The Hall–Kier alpha value is -1.62. The van der Waals surface area contributed by atoms with Crippen LogP contribution in [0.1, 0.15) is 13.3 Å². The van der Waals surface area contributed by atoms with Crippen LogP contribution in [0.25, 0.3) is 11.0 Å². The van der Waals surface area contributed by atoms with Gasteiger partial charge in [-0.25, -0.2) is 4.68 Å². The molecule has 16 heavy (non-hydrogen) atoms. The highest BCUT2D eigenvalue weighted by molar-refractivity contribution is 5.80. The second-order valence-electron chi connectivity index (χ2n) is 3.79. The zero-order valence-corrected chi connectivity index (χ0v) is 9.42. The van der Waals surface area contributed by atoms with Gasteiger partial charge in [0.2, 0.25) is 0 Å². The fourth-order valence-corrected chi connectivity index (χ4v) is 1.56. The van der Waals surface area contributed by atoms with Gasteiger partial charge in [-0.3, -0.25) is 0 Å². The summed E-state index contributed by atoms with van der Waals surface area (Å²) in [7, 11) is 1.69. The van der Waals surface area contributed by atoms with Crippen molar-refractivity contribution < 1.29 is 9.84 Å². The van der Waals surface area contributed by atoms with Crippen LogP contribution in [0.5, 0.6) is 5.75 Å². The SMILES string of the molecule is COC(C)CCn1nnc2c(O)cccc21. The van der Waals surface area contributed by atoms with E-state index in [1.165, 1.54) is 0 Å². The molecule has 2 rings (SSSR count). The highest BCUT2D eigenvalue weighted by Gasteiger charge is 2.08. The Morgan fingerprint density at radius 3 is 3.06 bits per heavy atom. The van der Waals surface area contributed by atoms with Crippen LogP contribution < -0.4 is 0 Å². The number of aromatic hydroxyl groups is 1. The minimum Gasteiger partial charge on any atom is -0.506 e. The average molecular weight is 221 g/mol. The van der Waals surface area contributed by atoms with Crippen LogP contribution in [-0.4, -0.2) is 33.3 Å². The minimum absolute atomic E-state index is 0.170. The monoisotopic (exact) mass is 221 g/mol. The van der Waals surface area contributed by atoms with E-state index in [0.717, 1.165) is 18.5 Å². The van der Waals surface area contributed by atoms with Crippen LogP contribution >= 0.6 is 0 Å². The largest absolute Gasteiger partial charge is 0.506 e. The Bertz CT molecular complexity index is 481. The molecule has 0 bridgehead atoms. The van der Waals surface area contributed by atoms with Crippen molar-refractivity contribution in [2.24, 2.45) is 0 Å². The fraction of sp³-hybridized carbons (Fsp3) is 0.455. The maximum absolute atomic E-state index is 9.57. The second kappa shape index (κ2) is 4.49. The smallest absolute Gasteiger partial charge is 0.154 e. The van der Waals surface area contributed by atoms with Gasteiger partial charge in [0.25, 0.3) is 0 Å². The molecular formula is C11H15N3O2. The standard InChI is InChI=1S/C11H15N3O2/c1-8(16-2)6-7-14-9-4-3-5-10(15)11(9)12-13-14/h3-5,8,15H,6-7H2,1-2H3. The molecule has 0 saturated carbocycles. The molecule has 1 N–H and O–H groups in total. The number of benzene rings is 1. The van der Waals surface area contributed by atoms with E-state index in [1.54, 1.807) is 23.9 Å². The first-order chi connectivity index (χ1) is 7.72. The molecule has 1 heterocycles. The van der Waals surface area contributed by atoms with E-state index in [2.05, 4.69) is 10.3 Å². The highest BCUT2D eigenvalue weighted by Crippen LogP contribution is 2.21. The number of hydrogen-bond donors (Lipinski definition) is 1. The number of phenolic OH excluding ortho intramolecular Hbond substituents is 1. The predicted octanol–water partition coefficient (Wildman–Crippen LogP) is 1.56. The van der Waals surface area contributed by atoms with Gasteiger partial charge in [0.05, 0.1) is 11.6 Å². The lowest BCUT2D eigenvalue weighted by molar-refractivity contribution is 0.106. The van der Waals surface area contributed by atoms with Crippen LogP contribution in [0.4, 0.5) is 0 Å². The molecule has 0 aliphatic carbocycles. The van der Waals surface area contributed by atoms with E-state index < -0.39 is 0 Å². The molecule has 1 unspecified atom stereocenters. The topological polar surface area (TPSA) is 60.2 Å². The van der Waals surface area contributed by atoms with E-state index in [-0.39, 0.29) is 11.9 Å². The molecule has 86 valence electrons. The Morgan fingerprint density at radius 1 is 1.50 bits per heavy atom. The van der Waals surface area contributed by atoms with Crippen molar-refractivity contribution in [3.63, 3.8) is 0 Å². The van der Waals surface area contributed by atoms with E-state index in [1.807, 2.05) is 13.0 Å². The maximum Gasteiger partial charge on any atom is 0.154 e. The molecule has 0 fully saturated rings. The zero-order valence-electron chi connectivity index (χ0n) is 9.42. The Kier molecular flexibility index (Phi) is 3.05. The molecule has 2 aromatic rings. The lowest BCUT2D eigenvalue weighted by atomic mass is 10.2. The number of methoxy groups -OCH3 is 1. The molecule has 5 nitrogen and oxygen atoms in total. The van der Waals surface area contributed by atoms with Gasteiger partial charge in [-0.15, -0.1) is 5.10 Å². The van der Waals surface area contributed by atoms with Crippen molar-refractivity contribution in [1.29, 1.82) is 0 Å². The zero-order chi connectivity index (χ0) is 11.5. The predicted molar refractivity (Wildman–Crippen MR) is 60.3 cm³/mol. The molecule has 1 aromatic heterocycles. The van der Waals surface area contributed by atoms with Crippen molar-refractivity contribution in [3.8, 4) is 5.75 Å². The summed E-state index contributed by atoms with van der Waals surface area (Å²) in [4.78, 5) is 0. The first-order valence-electron chi connectivity index (χ1n) is 5.26. The maximum atomic E-state index is 9.57. The molecule has 0 amide bonds. The van der Waals surface area contributed by atoms with Gasteiger partial charge in [-0.05, 0) is 25.5 Å². The van der Waals surface area contributed by atoms with Crippen molar-refractivity contribution in [1.82, 2.24) is 15.0 Å². The summed E-state index contributed by atoms with van der Waals surface area (Å²) in [6.07, 6.45) is 1.06. The summed E-state index contributed by atoms with van der Waals surface area (Å²) >= 11 is 0. The van der Waals surface area contributed by atoms with Gasteiger partial charge >= 0.3 is 0 Å². The first kappa shape index (κ1) is 10.9. The van der Waals surface area contributed by atoms with Crippen molar-refractivity contribution in [2.45, 2.75) is 26.0 Å². The lowest BCUT2D eigenvalue weighted by Crippen LogP contribution is -2.10. The summed E-state index contributed by atoms with van der Waals surface area (Å²) in [5.41, 5.74) is 1.40. The number of aryl methyl sites for hydroxylation is 1. The summed E-state index contributed by atoms with van der Waals surface area (Å²) in [5, 5.41) is 17.5.